The topological polar surface area (TPSA) is 44.5 Å². The van der Waals surface area contributed by atoms with Gasteiger partial charge >= 0.3 is 0 Å². The molecule has 0 fully saturated rings. The lowest BCUT2D eigenvalue weighted by molar-refractivity contribution is 0.271. The first kappa shape index (κ1) is 14.3. The predicted octanol–water partition coefficient (Wildman–Crippen LogP) is 3.49. The zero-order chi connectivity index (χ0) is 12.7. The van der Waals surface area contributed by atoms with Gasteiger partial charge in [0.25, 0.3) is 0 Å². The smallest absolute Gasteiger partial charge is 0.175 e. The maximum atomic E-state index is 5.75. The molecule has 1 aromatic carbocycles. The van der Waals surface area contributed by atoms with E-state index in [1.165, 1.54) is 0 Å². The molecule has 0 amide bonds. The van der Waals surface area contributed by atoms with Gasteiger partial charge in [-0.3, -0.25) is 0 Å². The van der Waals surface area contributed by atoms with Gasteiger partial charge in [0.15, 0.2) is 11.5 Å². The Balaban J connectivity index is 2.90. The van der Waals surface area contributed by atoms with E-state index in [0.717, 1.165) is 34.4 Å². The van der Waals surface area contributed by atoms with E-state index in [9.17, 15) is 0 Å². The fraction of sp³-hybridized carbons (Fsp3) is 0.538. The molecule has 0 aliphatic carbocycles. The van der Waals surface area contributed by atoms with Crippen LogP contribution in [0.2, 0.25) is 0 Å². The molecule has 0 radical (unpaired) electrons. The standard InChI is InChI=1S/C13H20BrNO2/c1-3-5-6-17-13-11(14)7-10(9-15)8-12(13)16-4-2/h7-8H,3-6,9,15H2,1-2H3. The summed E-state index contributed by atoms with van der Waals surface area (Å²) in [4.78, 5) is 0. The van der Waals surface area contributed by atoms with Crippen molar-refractivity contribution < 1.29 is 9.47 Å². The third-order valence-electron chi connectivity index (χ3n) is 2.35. The Labute approximate surface area is 111 Å². The predicted molar refractivity (Wildman–Crippen MR) is 73.6 cm³/mol. The molecule has 0 aliphatic heterocycles. The van der Waals surface area contributed by atoms with Gasteiger partial charge in [-0.1, -0.05) is 13.3 Å². The van der Waals surface area contributed by atoms with Gasteiger partial charge < -0.3 is 15.2 Å². The van der Waals surface area contributed by atoms with Crippen LogP contribution in [0.4, 0.5) is 0 Å². The van der Waals surface area contributed by atoms with Crippen LogP contribution in [0, 0.1) is 0 Å². The quantitative estimate of drug-likeness (QED) is 0.784. The Kier molecular flexibility index (Phi) is 6.37. The molecule has 0 atom stereocenters. The van der Waals surface area contributed by atoms with Crippen molar-refractivity contribution in [3.8, 4) is 11.5 Å². The van der Waals surface area contributed by atoms with Crippen molar-refractivity contribution >= 4 is 15.9 Å². The lowest BCUT2D eigenvalue weighted by atomic mass is 10.2. The van der Waals surface area contributed by atoms with Crippen LogP contribution >= 0.6 is 15.9 Å². The zero-order valence-electron chi connectivity index (χ0n) is 10.5. The van der Waals surface area contributed by atoms with Crippen LogP contribution in [0.3, 0.4) is 0 Å². The normalized spacial score (nSPS) is 10.4. The average molecular weight is 302 g/mol. The maximum Gasteiger partial charge on any atom is 0.175 e. The first-order chi connectivity index (χ1) is 8.22. The van der Waals surface area contributed by atoms with Gasteiger partial charge in [-0.2, -0.15) is 0 Å². The third kappa shape index (κ3) is 4.21. The fourth-order valence-corrected chi connectivity index (χ4v) is 2.06. The van der Waals surface area contributed by atoms with Crippen LogP contribution in [-0.4, -0.2) is 13.2 Å². The van der Waals surface area contributed by atoms with E-state index in [1.807, 2.05) is 19.1 Å². The van der Waals surface area contributed by atoms with E-state index >= 15 is 0 Å². The summed E-state index contributed by atoms with van der Waals surface area (Å²) in [7, 11) is 0. The van der Waals surface area contributed by atoms with E-state index in [0.29, 0.717) is 19.8 Å². The molecule has 0 bridgehead atoms. The lowest BCUT2D eigenvalue weighted by Crippen LogP contribution is -2.04. The number of halogens is 1. The molecule has 0 heterocycles. The highest BCUT2D eigenvalue weighted by Crippen LogP contribution is 2.37. The fourth-order valence-electron chi connectivity index (χ4n) is 1.46. The van der Waals surface area contributed by atoms with Gasteiger partial charge in [0, 0.05) is 6.54 Å². The Morgan fingerprint density at radius 3 is 2.59 bits per heavy atom. The zero-order valence-corrected chi connectivity index (χ0v) is 12.0. The highest BCUT2D eigenvalue weighted by Gasteiger charge is 2.11. The molecule has 0 unspecified atom stereocenters. The highest BCUT2D eigenvalue weighted by molar-refractivity contribution is 9.10. The van der Waals surface area contributed by atoms with Crippen LogP contribution in [0.5, 0.6) is 11.5 Å². The maximum absolute atomic E-state index is 5.75. The molecule has 17 heavy (non-hydrogen) atoms. The van der Waals surface area contributed by atoms with Crippen molar-refractivity contribution in [3.05, 3.63) is 22.2 Å². The molecule has 4 heteroatoms. The first-order valence-electron chi connectivity index (χ1n) is 6.01. The van der Waals surface area contributed by atoms with E-state index in [4.69, 9.17) is 15.2 Å². The molecule has 0 saturated carbocycles. The molecular formula is C13H20BrNO2. The van der Waals surface area contributed by atoms with E-state index in [2.05, 4.69) is 22.9 Å². The van der Waals surface area contributed by atoms with Crippen molar-refractivity contribution in [2.45, 2.75) is 33.2 Å². The second-order valence-corrected chi connectivity index (χ2v) is 4.60. The Hall–Kier alpha value is -0.740. The average Bonchev–Trinajstić information content (AvgIpc) is 2.32. The van der Waals surface area contributed by atoms with Crippen molar-refractivity contribution in [1.29, 1.82) is 0 Å². The molecule has 0 aliphatic rings. The van der Waals surface area contributed by atoms with Crippen molar-refractivity contribution in [2.24, 2.45) is 5.73 Å². The molecule has 2 N–H and O–H groups in total. The minimum atomic E-state index is 0.494. The summed E-state index contributed by atoms with van der Waals surface area (Å²) < 4.78 is 12.2. The molecule has 3 nitrogen and oxygen atoms in total. The highest BCUT2D eigenvalue weighted by atomic mass is 79.9. The summed E-state index contributed by atoms with van der Waals surface area (Å²) in [6, 6.07) is 3.92. The molecule has 0 aromatic heterocycles. The van der Waals surface area contributed by atoms with E-state index in [1.54, 1.807) is 0 Å². The minimum Gasteiger partial charge on any atom is -0.490 e. The van der Waals surface area contributed by atoms with Gasteiger partial charge in [-0.15, -0.1) is 0 Å². The summed E-state index contributed by atoms with van der Waals surface area (Å²) in [6.45, 7) is 5.91. The Bertz CT molecular complexity index is 356. The van der Waals surface area contributed by atoms with Crippen LogP contribution in [-0.2, 0) is 6.54 Å². The Morgan fingerprint density at radius 1 is 1.24 bits per heavy atom. The summed E-state index contributed by atoms with van der Waals surface area (Å²) >= 11 is 3.50. The molecule has 0 saturated heterocycles. The number of rotatable bonds is 7. The van der Waals surface area contributed by atoms with Crippen molar-refractivity contribution in [2.75, 3.05) is 13.2 Å². The van der Waals surface area contributed by atoms with Gasteiger partial charge in [0.2, 0.25) is 0 Å². The van der Waals surface area contributed by atoms with Crippen LogP contribution in [0.1, 0.15) is 32.3 Å². The van der Waals surface area contributed by atoms with E-state index in [-0.39, 0.29) is 0 Å². The molecule has 1 aromatic rings. The van der Waals surface area contributed by atoms with E-state index < -0.39 is 0 Å². The van der Waals surface area contributed by atoms with Gasteiger partial charge in [-0.05, 0) is 47.0 Å². The number of benzene rings is 1. The number of nitrogens with two attached hydrogens (primary N) is 1. The van der Waals surface area contributed by atoms with Crippen LogP contribution in [0.15, 0.2) is 16.6 Å². The largest absolute Gasteiger partial charge is 0.490 e. The van der Waals surface area contributed by atoms with Crippen LogP contribution < -0.4 is 15.2 Å². The summed E-state index contributed by atoms with van der Waals surface area (Å²) in [5.74, 6) is 1.54. The molecule has 96 valence electrons. The SMILES string of the molecule is CCCCOc1c(Br)cc(CN)cc1OCC. The second-order valence-electron chi connectivity index (χ2n) is 3.74. The monoisotopic (exact) mass is 301 g/mol. The summed E-state index contributed by atoms with van der Waals surface area (Å²) in [6.07, 6.45) is 2.15. The Morgan fingerprint density at radius 2 is 2.00 bits per heavy atom. The summed E-state index contributed by atoms with van der Waals surface area (Å²) in [5.41, 5.74) is 6.67. The first-order valence-corrected chi connectivity index (χ1v) is 6.80. The number of hydrogen-bond acceptors (Lipinski definition) is 3. The number of hydrogen-bond donors (Lipinski definition) is 1. The lowest BCUT2D eigenvalue weighted by Gasteiger charge is -2.14. The van der Waals surface area contributed by atoms with Gasteiger partial charge in [0.05, 0.1) is 17.7 Å². The van der Waals surface area contributed by atoms with Gasteiger partial charge in [0.1, 0.15) is 0 Å². The molecule has 0 spiro atoms. The van der Waals surface area contributed by atoms with Gasteiger partial charge in [-0.25, -0.2) is 0 Å². The number of ether oxygens (including phenoxy) is 2. The van der Waals surface area contributed by atoms with Crippen LogP contribution in [0.25, 0.3) is 0 Å². The molecular weight excluding hydrogens is 282 g/mol. The van der Waals surface area contributed by atoms with Crippen molar-refractivity contribution in [1.82, 2.24) is 0 Å². The molecule has 1 rings (SSSR count). The third-order valence-corrected chi connectivity index (χ3v) is 2.94. The van der Waals surface area contributed by atoms with Crippen molar-refractivity contribution in [3.63, 3.8) is 0 Å². The second kappa shape index (κ2) is 7.56. The summed E-state index contributed by atoms with van der Waals surface area (Å²) in [5, 5.41) is 0. The number of unbranched alkanes of at least 4 members (excludes halogenated alkanes) is 1. The minimum absolute atomic E-state index is 0.494.